The lowest BCUT2D eigenvalue weighted by Crippen LogP contribution is -2.31. The van der Waals surface area contributed by atoms with Gasteiger partial charge >= 0.3 is 0 Å². The molecule has 25 heavy (non-hydrogen) atoms. The first-order valence-corrected chi connectivity index (χ1v) is 8.65. The molecule has 2 heterocycles. The second kappa shape index (κ2) is 6.82. The molecule has 3 nitrogen and oxygen atoms in total. The van der Waals surface area contributed by atoms with Gasteiger partial charge in [-0.25, -0.2) is 4.39 Å². The van der Waals surface area contributed by atoms with Crippen molar-refractivity contribution in [1.29, 1.82) is 0 Å². The molecule has 3 aromatic rings. The summed E-state index contributed by atoms with van der Waals surface area (Å²) in [4.78, 5) is 2.25. The van der Waals surface area contributed by atoms with Crippen molar-refractivity contribution in [3.8, 4) is 5.69 Å². The summed E-state index contributed by atoms with van der Waals surface area (Å²) in [6.07, 6.45) is 5.39. The maximum absolute atomic E-state index is 13.3. The SMILES string of the molecule is OCCN1CC=C(c2cn(-c3ccc(F)cc3)c3ccccc23)CC1. The fourth-order valence-corrected chi connectivity index (χ4v) is 3.55. The maximum Gasteiger partial charge on any atom is 0.123 e. The highest BCUT2D eigenvalue weighted by atomic mass is 19.1. The Labute approximate surface area is 146 Å². The fraction of sp³-hybridized carbons (Fsp3) is 0.238. The van der Waals surface area contributed by atoms with E-state index in [2.05, 4.69) is 39.9 Å². The molecule has 4 rings (SSSR count). The average molecular weight is 336 g/mol. The van der Waals surface area contributed by atoms with Crippen molar-refractivity contribution in [2.75, 3.05) is 26.2 Å². The number of rotatable bonds is 4. The first-order chi connectivity index (χ1) is 12.3. The summed E-state index contributed by atoms with van der Waals surface area (Å²) in [6.45, 7) is 2.75. The molecular formula is C21H21FN2O. The predicted molar refractivity (Wildman–Crippen MR) is 99.4 cm³/mol. The highest BCUT2D eigenvalue weighted by molar-refractivity contribution is 5.94. The van der Waals surface area contributed by atoms with Crippen LogP contribution in [0.1, 0.15) is 12.0 Å². The molecule has 1 N–H and O–H groups in total. The van der Waals surface area contributed by atoms with Crippen molar-refractivity contribution >= 4 is 16.5 Å². The van der Waals surface area contributed by atoms with E-state index in [0.717, 1.165) is 37.3 Å². The van der Waals surface area contributed by atoms with Crippen LogP contribution in [0.2, 0.25) is 0 Å². The number of aliphatic hydroxyl groups is 1. The highest BCUT2D eigenvalue weighted by Gasteiger charge is 2.17. The number of hydrogen-bond acceptors (Lipinski definition) is 2. The molecule has 0 fully saturated rings. The molecule has 0 unspecified atom stereocenters. The molecule has 1 aromatic heterocycles. The summed E-state index contributed by atoms with van der Waals surface area (Å²) < 4.78 is 15.4. The minimum Gasteiger partial charge on any atom is -0.395 e. The number of halogens is 1. The van der Waals surface area contributed by atoms with Crippen molar-refractivity contribution in [3.63, 3.8) is 0 Å². The monoisotopic (exact) mass is 336 g/mol. The van der Waals surface area contributed by atoms with Gasteiger partial charge in [0.25, 0.3) is 0 Å². The lowest BCUT2D eigenvalue weighted by molar-refractivity contribution is 0.208. The average Bonchev–Trinajstić information content (AvgIpc) is 3.03. The molecule has 4 heteroatoms. The molecule has 0 saturated carbocycles. The molecule has 0 radical (unpaired) electrons. The van der Waals surface area contributed by atoms with Crippen LogP contribution in [0, 0.1) is 5.82 Å². The van der Waals surface area contributed by atoms with E-state index < -0.39 is 0 Å². The maximum atomic E-state index is 13.3. The van der Waals surface area contributed by atoms with Gasteiger partial charge in [-0.1, -0.05) is 24.3 Å². The van der Waals surface area contributed by atoms with E-state index in [-0.39, 0.29) is 12.4 Å². The standard InChI is InChI=1S/C21H21FN2O/c22-17-5-7-18(8-6-17)24-15-20(19-3-1-2-4-21(19)24)16-9-11-23(12-10-16)13-14-25/h1-9,15,25H,10-14H2. The molecule has 0 atom stereocenters. The zero-order valence-corrected chi connectivity index (χ0v) is 14.0. The molecule has 0 spiro atoms. The van der Waals surface area contributed by atoms with Gasteiger partial charge in [0.15, 0.2) is 0 Å². The van der Waals surface area contributed by atoms with Crippen molar-refractivity contribution in [2.24, 2.45) is 0 Å². The third-order valence-corrected chi connectivity index (χ3v) is 4.87. The van der Waals surface area contributed by atoms with Gasteiger partial charge in [0.1, 0.15) is 5.82 Å². The van der Waals surface area contributed by atoms with Crippen LogP contribution in [0.5, 0.6) is 0 Å². The topological polar surface area (TPSA) is 28.4 Å². The largest absolute Gasteiger partial charge is 0.395 e. The molecular weight excluding hydrogens is 315 g/mol. The van der Waals surface area contributed by atoms with Gasteiger partial charge < -0.3 is 9.67 Å². The van der Waals surface area contributed by atoms with Crippen LogP contribution in [0.15, 0.2) is 60.8 Å². The number of aliphatic hydroxyl groups excluding tert-OH is 1. The zero-order valence-electron chi connectivity index (χ0n) is 14.0. The highest BCUT2D eigenvalue weighted by Crippen LogP contribution is 2.32. The fourth-order valence-electron chi connectivity index (χ4n) is 3.55. The Balaban J connectivity index is 1.77. The van der Waals surface area contributed by atoms with Gasteiger partial charge in [0.2, 0.25) is 0 Å². The van der Waals surface area contributed by atoms with E-state index in [9.17, 15) is 4.39 Å². The number of β-amino-alcohol motifs (C(OH)–C–C–N with tert-alkyl or cyclic N) is 1. The minimum atomic E-state index is -0.223. The number of benzene rings is 2. The lowest BCUT2D eigenvalue weighted by Gasteiger charge is -2.25. The van der Waals surface area contributed by atoms with Gasteiger partial charge in [-0.2, -0.15) is 0 Å². The van der Waals surface area contributed by atoms with Crippen LogP contribution in [0.3, 0.4) is 0 Å². The predicted octanol–water partition coefficient (Wildman–Crippen LogP) is 3.85. The summed E-state index contributed by atoms with van der Waals surface area (Å²) in [5.74, 6) is -0.223. The first-order valence-electron chi connectivity index (χ1n) is 8.65. The summed E-state index contributed by atoms with van der Waals surface area (Å²) in [6, 6.07) is 14.9. The van der Waals surface area contributed by atoms with Gasteiger partial charge in [-0.3, -0.25) is 4.90 Å². The number of nitrogens with zero attached hydrogens (tertiary/aromatic N) is 2. The Hall–Kier alpha value is -2.43. The van der Waals surface area contributed by atoms with Gasteiger partial charge in [0, 0.05) is 42.5 Å². The lowest BCUT2D eigenvalue weighted by atomic mass is 9.99. The molecule has 0 amide bonds. The third-order valence-electron chi connectivity index (χ3n) is 4.87. The Morgan fingerprint density at radius 3 is 2.56 bits per heavy atom. The molecule has 0 aliphatic carbocycles. The summed E-state index contributed by atoms with van der Waals surface area (Å²) >= 11 is 0. The van der Waals surface area contributed by atoms with Gasteiger partial charge in [0.05, 0.1) is 12.1 Å². The summed E-state index contributed by atoms with van der Waals surface area (Å²) in [5, 5.41) is 10.3. The Morgan fingerprint density at radius 1 is 1.04 bits per heavy atom. The van der Waals surface area contributed by atoms with Crippen LogP contribution in [-0.4, -0.2) is 40.8 Å². The minimum absolute atomic E-state index is 0.201. The Morgan fingerprint density at radius 2 is 1.84 bits per heavy atom. The quantitative estimate of drug-likeness (QED) is 0.784. The van der Waals surface area contributed by atoms with Crippen molar-refractivity contribution in [2.45, 2.75) is 6.42 Å². The van der Waals surface area contributed by atoms with Gasteiger partial charge in [-0.05, 0) is 42.3 Å². The smallest absolute Gasteiger partial charge is 0.123 e. The van der Waals surface area contributed by atoms with E-state index >= 15 is 0 Å². The Bertz CT molecular complexity index is 911. The molecule has 1 aliphatic rings. The second-order valence-corrected chi connectivity index (χ2v) is 6.41. The van der Waals surface area contributed by atoms with E-state index in [1.807, 2.05) is 18.2 Å². The van der Waals surface area contributed by atoms with Gasteiger partial charge in [-0.15, -0.1) is 0 Å². The number of fused-ring (bicyclic) bond motifs is 1. The third kappa shape index (κ3) is 3.11. The summed E-state index contributed by atoms with van der Waals surface area (Å²) in [7, 11) is 0. The number of aromatic nitrogens is 1. The molecule has 0 bridgehead atoms. The van der Waals surface area contributed by atoms with E-state index in [0.29, 0.717) is 0 Å². The van der Waals surface area contributed by atoms with Crippen LogP contribution in [0.25, 0.3) is 22.2 Å². The van der Waals surface area contributed by atoms with Crippen LogP contribution >= 0.6 is 0 Å². The first kappa shape index (κ1) is 16.1. The molecule has 1 aliphatic heterocycles. The molecule has 128 valence electrons. The van der Waals surface area contributed by atoms with Crippen LogP contribution in [0.4, 0.5) is 4.39 Å². The zero-order chi connectivity index (χ0) is 17.2. The summed E-state index contributed by atoms with van der Waals surface area (Å²) in [5.41, 5.74) is 4.67. The van der Waals surface area contributed by atoms with Crippen molar-refractivity contribution < 1.29 is 9.50 Å². The molecule has 0 saturated heterocycles. The van der Waals surface area contributed by atoms with Crippen molar-refractivity contribution in [3.05, 3.63) is 72.2 Å². The van der Waals surface area contributed by atoms with Crippen LogP contribution in [-0.2, 0) is 0 Å². The second-order valence-electron chi connectivity index (χ2n) is 6.41. The van der Waals surface area contributed by atoms with Crippen molar-refractivity contribution in [1.82, 2.24) is 9.47 Å². The number of para-hydroxylation sites is 1. The number of hydrogen-bond donors (Lipinski definition) is 1. The van der Waals surface area contributed by atoms with Crippen LogP contribution < -0.4 is 0 Å². The Kier molecular flexibility index (Phi) is 4.38. The van der Waals surface area contributed by atoms with E-state index in [1.165, 1.54) is 28.7 Å². The molecule has 2 aromatic carbocycles. The van der Waals surface area contributed by atoms with E-state index in [1.54, 1.807) is 0 Å². The van der Waals surface area contributed by atoms with E-state index in [4.69, 9.17) is 5.11 Å². The normalized spacial score (nSPS) is 15.5.